The van der Waals surface area contributed by atoms with Crippen molar-refractivity contribution >= 4 is 11.9 Å². The van der Waals surface area contributed by atoms with Crippen molar-refractivity contribution in [1.29, 1.82) is 0 Å². The normalized spacial score (nSPS) is 12.8. The lowest BCUT2D eigenvalue weighted by atomic mass is 10.1. The van der Waals surface area contributed by atoms with Crippen LogP contribution < -0.4 is 10.1 Å². The van der Waals surface area contributed by atoms with E-state index in [1.54, 1.807) is 0 Å². The molecule has 132 valence electrons. The summed E-state index contributed by atoms with van der Waals surface area (Å²) >= 11 is 0. The third-order valence-corrected chi connectivity index (χ3v) is 3.48. The molecule has 6 heteroatoms. The van der Waals surface area contributed by atoms with Crippen LogP contribution in [0.3, 0.4) is 0 Å². The Labute approximate surface area is 145 Å². The molecular formula is C19H20FNO4. The molecule has 1 N–H and O–H groups in total. The summed E-state index contributed by atoms with van der Waals surface area (Å²) in [6.07, 6.45) is -0.912. The molecule has 2 atom stereocenters. The molecule has 0 saturated carbocycles. The van der Waals surface area contributed by atoms with Crippen LogP contribution in [-0.4, -0.2) is 24.6 Å². The maximum Gasteiger partial charge on any atom is 0.347 e. The Bertz CT molecular complexity index is 703. The number of nitrogens with one attached hydrogen (secondary N) is 1. The van der Waals surface area contributed by atoms with Crippen LogP contribution in [0.25, 0.3) is 0 Å². The van der Waals surface area contributed by atoms with Crippen molar-refractivity contribution in [3.05, 3.63) is 66.0 Å². The molecule has 0 unspecified atom stereocenters. The monoisotopic (exact) mass is 345 g/mol. The van der Waals surface area contributed by atoms with E-state index in [1.807, 2.05) is 37.3 Å². The third kappa shape index (κ3) is 5.91. The first kappa shape index (κ1) is 18.4. The first-order chi connectivity index (χ1) is 12.0. The van der Waals surface area contributed by atoms with E-state index >= 15 is 0 Å². The molecule has 0 aliphatic carbocycles. The van der Waals surface area contributed by atoms with Gasteiger partial charge in [0.15, 0.2) is 12.7 Å². The van der Waals surface area contributed by atoms with E-state index in [0.717, 1.165) is 5.56 Å². The molecule has 2 rings (SSSR count). The van der Waals surface area contributed by atoms with Crippen LogP contribution in [0.5, 0.6) is 5.75 Å². The SMILES string of the molecule is C[C@H](Oc1ccc(F)cc1)C(=O)OCC(=O)N[C@H](C)c1ccccc1. The number of hydrogen-bond acceptors (Lipinski definition) is 4. The molecule has 0 spiro atoms. The minimum Gasteiger partial charge on any atom is -0.479 e. The number of rotatable bonds is 7. The van der Waals surface area contributed by atoms with Gasteiger partial charge in [-0.2, -0.15) is 0 Å². The molecule has 2 aromatic rings. The van der Waals surface area contributed by atoms with Gasteiger partial charge in [-0.3, -0.25) is 4.79 Å². The van der Waals surface area contributed by atoms with E-state index in [9.17, 15) is 14.0 Å². The highest BCUT2D eigenvalue weighted by atomic mass is 19.1. The van der Waals surface area contributed by atoms with Crippen molar-refractivity contribution < 1.29 is 23.5 Å². The lowest BCUT2D eigenvalue weighted by Gasteiger charge is -2.16. The van der Waals surface area contributed by atoms with Crippen molar-refractivity contribution in [3.8, 4) is 5.75 Å². The number of esters is 1. The van der Waals surface area contributed by atoms with Gasteiger partial charge in [0.25, 0.3) is 5.91 Å². The maximum absolute atomic E-state index is 12.8. The summed E-state index contributed by atoms with van der Waals surface area (Å²) in [4.78, 5) is 23.8. The summed E-state index contributed by atoms with van der Waals surface area (Å²) in [5, 5.41) is 2.75. The molecule has 0 aromatic heterocycles. The van der Waals surface area contributed by atoms with Crippen LogP contribution in [0.4, 0.5) is 4.39 Å². The number of carbonyl (C=O) groups excluding carboxylic acids is 2. The largest absolute Gasteiger partial charge is 0.479 e. The number of halogens is 1. The molecule has 0 radical (unpaired) electrons. The molecule has 0 aliphatic rings. The van der Waals surface area contributed by atoms with Crippen molar-refractivity contribution in [3.63, 3.8) is 0 Å². The van der Waals surface area contributed by atoms with Crippen molar-refractivity contribution in [2.24, 2.45) is 0 Å². The molecule has 5 nitrogen and oxygen atoms in total. The van der Waals surface area contributed by atoms with Gasteiger partial charge in [-0.25, -0.2) is 9.18 Å². The van der Waals surface area contributed by atoms with E-state index in [2.05, 4.69) is 5.32 Å². The highest BCUT2D eigenvalue weighted by molar-refractivity contribution is 5.82. The zero-order valence-electron chi connectivity index (χ0n) is 14.1. The molecule has 0 fully saturated rings. The van der Waals surface area contributed by atoms with Crippen LogP contribution in [0, 0.1) is 5.82 Å². The highest BCUT2D eigenvalue weighted by Gasteiger charge is 2.18. The summed E-state index contributed by atoms with van der Waals surface area (Å²) in [7, 11) is 0. The molecule has 1 amide bonds. The first-order valence-corrected chi connectivity index (χ1v) is 7.89. The summed E-state index contributed by atoms with van der Waals surface area (Å²) < 4.78 is 23.1. The Hall–Kier alpha value is -2.89. The van der Waals surface area contributed by atoms with Gasteiger partial charge in [-0.1, -0.05) is 30.3 Å². The summed E-state index contributed by atoms with van der Waals surface area (Å²) in [5.74, 6) is -1.13. The minimum atomic E-state index is -0.912. The predicted molar refractivity (Wildman–Crippen MR) is 90.4 cm³/mol. The van der Waals surface area contributed by atoms with Crippen LogP contribution in [-0.2, 0) is 14.3 Å². The quantitative estimate of drug-likeness (QED) is 0.784. The van der Waals surface area contributed by atoms with Crippen LogP contribution >= 0.6 is 0 Å². The number of amides is 1. The smallest absolute Gasteiger partial charge is 0.347 e. The predicted octanol–water partition coefficient (Wildman–Crippen LogP) is 3.01. The van der Waals surface area contributed by atoms with Gasteiger partial charge in [0.05, 0.1) is 6.04 Å². The number of benzene rings is 2. The molecule has 0 aliphatic heterocycles. The van der Waals surface area contributed by atoms with E-state index in [1.165, 1.54) is 31.2 Å². The van der Waals surface area contributed by atoms with Crippen molar-refractivity contribution in [1.82, 2.24) is 5.32 Å². The summed E-state index contributed by atoms with van der Waals surface area (Å²) in [6.45, 7) is 2.94. The van der Waals surface area contributed by atoms with Crippen LogP contribution in [0.2, 0.25) is 0 Å². The van der Waals surface area contributed by atoms with Gasteiger partial charge in [-0.15, -0.1) is 0 Å². The zero-order valence-corrected chi connectivity index (χ0v) is 14.1. The minimum absolute atomic E-state index is 0.194. The molecule has 0 bridgehead atoms. The maximum atomic E-state index is 12.8. The lowest BCUT2D eigenvalue weighted by Crippen LogP contribution is -2.34. The van der Waals surface area contributed by atoms with Crippen LogP contribution in [0.15, 0.2) is 54.6 Å². The summed E-state index contributed by atoms with van der Waals surface area (Å²) in [6, 6.07) is 14.5. The Kier molecular flexibility index (Phi) is 6.51. The first-order valence-electron chi connectivity index (χ1n) is 7.89. The van der Waals surface area contributed by atoms with Gasteiger partial charge in [0.1, 0.15) is 11.6 Å². The fourth-order valence-electron chi connectivity index (χ4n) is 2.13. The zero-order chi connectivity index (χ0) is 18.2. The van der Waals surface area contributed by atoms with E-state index in [-0.39, 0.29) is 6.04 Å². The number of ether oxygens (including phenoxy) is 2. The second-order valence-corrected chi connectivity index (χ2v) is 5.52. The lowest BCUT2D eigenvalue weighted by molar-refractivity contribution is -0.154. The third-order valence-electron chi connectivity index (χ3n) is 3.48. The topological polar surface area (TPSA) is 64.6 Å². The number of hydrogen-bond donors (Lipinski definition) is 1. The average molecular weight is 345 g/mol. The second kappa shape index (κ2) is 8.82. The van der Waals surface area contributed by atoms with Gasteiger partial charge >= 0.3 is 5.97 Å². The van der Waals surface area contributed by atoms with Gasteiger partial charge < -0.3 is 14.8 Å². The Morgan fingerprint density at radius 3 is 2.32 bits per heavy atom. The molecule has 25 heavy (non-hydrogen) atoms. The van der Waals surface area contributed by atoms with Crippen molar-refractivity contribution in [2.45, 2.75) is 26.0 Å². The molecule has 0 saturated heterocycles. The van der Waals surface area contributed by atoms with E-state index in [0.29, 0.717) is 5.75 Å². The fourth-order valence-corrected chi connectivity index (χ4v) is 2.13. The van der Waals surface area contributed by atoms with Gasteiger partial charge in [-0.05, 0) is 43.7 Å². The Balaban J connectivity index is 1.76. The van der Waals surface area contributed by atoms with Crippen molar-refractivity contribution in [2.75, 3.05) is 6.61 Å². The van der Waals surface area contributed by atoms with E-state index < -0.39 is 30.4 Å². The summed E-state index contributed by atoms with van der Waals surface area (Å²) in [5.41, 5.74) is 0.954. The Morgan fingerprint density at radius 1 is 1.04 bits per heavy atom. The van der Waals surface area contributed by atoms with Crippen LogP contribution in [0.1, 0.15) is 25.5 Å². The molecular weight excluding hydrogens is 325 g/mol. The Morgan fingerprint density at radius 2 is 1.68 bits per heavy atom. The number of carbonyl (C=O) groups is 2. The van der Waals surface area contributed by atoms with Gasteiger partial charge in [0, 0.05) is 0 Å². The van der Waals surface area contributed by atoms with E-state index in [4.69, 9.17) is 9.47 Å². The standard InChI is InChI=1S/C19H20FNO4/c1-13(15-6-4-3-5-7-15)21-18(22)12-24-19(23)14(2)25-17-10-8-16(20)9-11-17/h3-11,13-14H,12H2,1-2H3,(H,21,22)/t13-,14+/m1/s1. The highest BCUT2D eigenvalue weighted by Crippen LogP contribution is 2.14. The second-order valence-electron chi connectivity index (χ2n) is 5.52. The van der Waals surface area contributed by atoms with Gasteiger partial charge in [0.2, 0.25) is 0 Å². The molecule has 2 aromatic carbocycles. The average Bonchev–Trinajstić information content (AvgIpc) is 2.62. The molecule has 0 heterocycles. The fraction of sp³-hybridized carbons (Fsp3) is 0.263.